The van der Waals surface area contributed by atoms with Gasteiger partial charge in [0.2, 0.25) is 0 Å². The third-order valence-corrected chi connectivity index (χ3v) is 5.83. The standard InChI is InChI=1S/C21H25BrN2O.CH4S/c1-5-21(14-7-6-8-15(22)9-14)13-19(23-4)24-18-12-20(2,3)11-16(25)10-17(18)21;1-2/h6-9,13,24H,4-5,10-12H2,1-3H3;2H,1H3. The molecular weight excluding hydrogens is 420 g/mol. The second-order valence-electron chi connectivity index (χ2n) is 7.84. The summed E-state index contributed by atoms with van der Waals surface area (Å²) in [4.78, 5) is 16.9. The summed E-state index contributed by atoms with van der Waals surface area (Å²) in [6, 6.07) is 8.37. The number of hydrogen-bond donors (Lipinski definition) is 2. The largest absolute Gasteiger partial charge is 0.344 e. The number of aliphatic imine (C=N–C) groups is 1. The van der Waals surface area contributed by atoms with E-state index in [9.17, 15) is 4.79 Å². The summed E-state index contributed by atoms with van der Waals surface area (Å²) < 4.78 is 1.04. The number of carbonyl (C=O) groups excluding carboxylic acids is 1. The number of benzene rings is 1. The third-order valence-electron chi connectivity index (χ3n) is 5.34. The van der Waals surface area contributed by atoms with Gasteiger partial charge < -0.3 is 5.32 Å². The van der Waals surface area contributed by atoms with Crippen molar-refractivity contribution in [3.63, 3.8) is 0 Å². The number of nitrogens with zero attached hydrogens (tertiary/aromatic N) is 1. The monoisotopic (exact) mass is 448 g/mol. The highest BCUT2D eigenvalue weighted by molar-refractivity contribution is 9.10. The molecule has 0 aromatic heterocycles. The molecule has 3 rings (SSSR count). The van der Waals surface area contributed by atoms with Crippen molar-refractivity contribution in [1.29, 1.82) is 0 Å². The zero-order valence-electron chi connectivity index (χ0n) is 16.6. The molecule has 1 aromatic rings. The van der Waals surface area contributed by atoms with E-state index in [4.69, 9.17) is 0 Å². The fourth-order valence-electron chi connectivity index (χ4n) is 4.23. The molecule has 1 N–H and O–H groups in total. The molecule has 2 aliphatic rings. The lowest BCUT2D eigenvalue weighted by atomic mass is 9.68. The van der Waals surface area contributed by atoms with E-state index in [-0.39, 0.29) is 10.8 Å². The van der Waals surface area contributed by atoms with Gasteiger partial charge >= 0.3 is 0 Å². The average molecular weight is 449 g/mol. The lowest BCUT2D eigenvalue weighted by Crippen LogP contribution is -2.35. The van der Waals surface area contributed by atoms with Crippen molar-refractivity contribution in [1.82, 2.24) is 5.32 Å². The highest BCUT2D eigenvalue weighted by Gasteiger charge is 2.42. The summed E-state index contributed by atoms with van der Waals surface area (Å²) in [6.07, 6.45) is 6.66. The Balaban J connectivity index is 0.00000126. The van der Waals surface area contributed by atoms with E-state index >= 15 is 0 Å². The van der Waals surface area contributed by atoms with Gasteiger partial charge in [-0.2, -0.15) is 12.6 Å². The van der Waals surface area contributed by atoms with Crippen LogP contribution in [-0.4, -0.2) is 18.8 Å². The van der Waals surface area contributed by atoms with Crippen LogP contribution in [-0.2, 0) is 10.2 Å². The van der Waals surface area contributed by atoms with Gasteiger partial charge in [0, 0.05) is 28.4 Å². The molecule has 3 nitrogen and oxygen atoms in total. The van der Waals surface area contributed by atoms with Gasteiger partial charge in [-0.3, -0.25) is 4.79 Å². The van der Waals surface area contributed by atoms with E-state index in [0.29, 0.717) is 18.6 Å². The van der Waals surface area contributed by atoms with Gasteiger partial charge in [0.15, 0.2) is 0 Å². The summed E-state index contributed by atoms with van der Waals surface area (Å²) in [7, 11) is 0. The molecule has 0 spiro atoms. The Bertz CT molecular complexity index is 797. The van der Waals surface area contributed by atoms with Crippen molar-refractivity contribution in [2.24, 2.45) is 10.4 Å². The van der Waals surface area contributed by atoms with Gasteiger partial charge in [0.25, 0.3) is 0 Å². The number of nitrogens with one attached hydrogen (secondary N) is 1. The topological polar surface area (TPSA) is 41.5 Å². The number of dihydropyridines is 1. The molecule has 1 heterocycles. The maximum absolute atomic E-state index is 12.7. The summed E-state index contributed by atoms with van der Waals surface area (Å²) in [5.74, 6) is 1.10. The number of hydrogen-bond acceptors (Lipinski definition) is 4. The molecule has 0 amide bonds. The molecular formula is C22H29BrN2OS. The smallest absolute Gasteiger partial charge is 0.137 e. The van der Waals surface area contributed by atoms with Crippen LogP contribution >= 0.6 is 28.6 Å². The first-order valence-corrected chi connectivity index (χ1v) is 10.9. The first-order valence-electron chi connectivity index (χ1n) is 9.21. The SMILES string of the molecule is C=NC1=CC(CC)(c2cccc(Br)c2)C2=C(CC(C)(C)CC(=O)C2)N1.CS. The number of Topliss-reactive ketones (excluding diaryl/α,β-unsaturated/α-hetero) is 1. The molecule has 0 saturated heterocycles. The van der Waals surface area contributed by atoms with E-state index in [1.165, 1.54) is 11.1 Å². The Morgan fingerprint density at radius 2 is 2.00 bits per heavy atom. The fraction of sp³-hybridized carbons (Fsp3) is 0.455. The molecule has 0 bridgehead atoms. The summed E-state index contributed by atoms with van der Waals surface area (Å²) in [6.45, 7) is 10.2. The van der Waals surface area contributed by atoms with E-state index in [0.717, 1.165) is 28.8 Å². The van der Waals surface area contributed by atoms with Crippen molar-refractivity contribution in [2.45, 2.75) is 51.9 Å². The highest BCUT2D eigenvalue weighted by Crippen LogP contribution is 2.48. The molecule has 1 aromatic carbocycles. The number of carbonyl (C=O) groups is 1. The second kappa shape index (κ2) is 8.78. The Morgan fingerprint density at radius 1 is 1.30 bits per heavy atom. The first-order chi connectivity index (χ1) is 12.8. The summed E-state index contributed by atoms with van der Waals surface area (Å²) in [5.41, 5.74) is 3.14. The predicted molar refractivity (Wildman–Crippen MR) is 121 cm³/mol. The van der Waals surface area contributed by atoms with Crippen LogP contribution in [0.4, 0.5) is 0 Å². The molecule has 1 unspecified atom stereocenters. The van der Waals surface area contributed by atoms with E-state index in [2.05, 4.69) is 90.6 Å². The molecule has 1 aliphatic heterocycles. The normalized spacial score (nSPS) is 23.9. The van der Waals surface area contributed by atoms with Gasteiger partial charge in [0.05, 0.1) is 0 Å². The quantitative estimate of drug-likeness (QED) is 0.451. The van der Waals surface area contributed by atoms with Gasteiger partial charge in [-0.15, -0.1) is 0 Å². The van der Waals surface area contributed by atoms with Crippen LogP contribution in [0.15, 0.2) is 56.9 Å². The fourth-order valence-corrected chi connectivity index (χ4v) is 4.63. The highest BCUT2D eigenvalue weighted by atomic mass is 79.9. The number of ketones is 1. The van der Waals surface area contributed by atoms with Crippen molar-refractivity contribution in [3.05, 3.63) is 57.5 Å². The number of thiol groups is 1. The minimum atomic E-state index is -0.322. The van der Waals surface area contributed by atoms with E-state index in [1.807, 2.05) is 6.07 Å². The summed E-state index contributed by atoms with van der Waals surface area (Å²) in [5, 5.41) is 3.44. The van der Waals surface area contributed by atoms with Crippen molar-refractivity contribution >= 4 is 41.1 Å². The number of allylic oxidation sites excluding steroid dienone is 3. The average Bonchev–Trinajstić information content (AvgIpc) is 2.75. The summed E-state index contributed by atoms with van der Waals surface area (Å²) >= 11 is 7.12. The van der Waals surface area contributed by atoms with Gasteiger partial charge in [-0.1, -0.05) is 48.8 Å². The minimum Gasteiger partial charge on any atom is -0.344 e. The van der Waals surface area contributed by atoms with Crippen LogP contribution in [0.3, 0.4) is 0 Å². The third kappa shape index (κ3) is 4.57. The van der Waals surface area contributed by atoms with Crippen LogP contribution in [0.2, 0.25) is 0 Å². The Hall–Kier alpha value is -1.33. The van der Waals surface area contributed by atoms with E-state index < -0.39 is 0 Å². The first kappa shape index (κ1) is 22.0. The molecule has 5 heteroatoms. The predicted octanol–water partition coefficient (Wildman–Crippen LogP) is 5.82. The van der Waals surface area contributed by atoms with Gasteiger partial charge in [-0.05, 0) is 60.6 Å². The molecule has 0 fully saturated rings. The zero-order valence-corrected chi connectivity index (χ0v) is 19.1. The molecule has 0 radical (unpaired) electrons. The zero-order chi connectivity index (χ0) is 20.2. The molecule has 146 valence electrons. The lowest BCUT2D eigenvalue weighted by Gasteiger charge is -2.39. The molecule has 1 atom stereocenters. The number of halogens is 1. The van der Waals surface area contributed by atoms with Crippen LogP contribution in [0, 0.1) is 5.41 Å². The molecule has 0 saturated carbocycles. The van der Waals surface area contributed by atoms with Crippen molar-refractivity contribution in [2.75, 3.05) is 6.26 Å². The van der Waals surface area contributed by atoms with Crippen LogP contribution < -0.4 is 5.32 Å². The van der Waals surface area contributed by atoms with Crippen LogP contribution in [0.1, 0.15) is 52.0 Å². The minimum absolute atomic E-state index is 0.0540. The van der Waals surface area contributed by atoms with Crippen LogP contribution in [0.5, 0.6) is 0 Å². The second-order valence-corrected chi connectivity index (χ2v) is 8.75. The molecule has 27 heavy (non-hydrogen) atoms. The Morgan fingerprint density at radius 3 is 2.59 bits per heavy atom. The lowest BCUT2D eigenvalue weighted by molar-refractivity contribution is -0.120. The maximum Gasteiger partial charge on any atom is 0.137 e. The van der Waals surface area contributed by atoms with E-state index in [1.54, 1.807) is 6.26 Å². The van der Waals surface area contributed by atoms with Gasteiger partial charge in [-0.25, -0.2) is 4.99 Å². The number of rotatable bonds is 3. The van der Waals surface area contributed by atoms with Crippen molar-refractivity contribution < 1.29 is 4.79 Å². The Kier molecular flexibility index (Phi) is 7.14. The maximum atomic E-state index is 12.7. The van der Waals surface area contributed by atoms with Gasteiger partial charge in [0.1, 0.15) is 11.6 Å². The molecule has 1 aliphatic carbocycles. The van der Waals surface area contributed by atoms with Crippen LogP contribution in [0.25, 0.3) is 0 Å². The van der Waals surface area contributed by atoms with Crippen molar-refractivity contribution in [3.8, 4) is 0 Å². The Labute approximate surface area is 177 Å².